The second kappa shape index (κ2) is 49.4. The van der Waals surface area contributed by atoms with Crippen molar-refractivity contribution in [3.63, 3.8) is 0 Å². The smallest absolute Gasteiger partial charge is 0.457 e. The average Bonchev–Trinajstić information content (AvgIpc) is 3.28. The van der Waals surface area contributed by atoms with E-state index in [1.165, 1.54) is 141 Å². The number of phosphoric acid groups is 1. The van der Waals surface area contributed by atoms with Crippen molar-refractivity contribution in [2.75, 3.05) is 54.1 Å². The van der Waals surface area contributed by atoms with Crippen molar-refractivity contribution >= 4 is 13.8 Å². The number of rotatable bonds is 50. The van der Waals surface area contributed by atoms with Crippen molar-refractivity contribution in [1.82, 2.24) is 0 Å². The molecule has 1 N–H and O–H groups in total. The zero-order valence-electron chi connectivity index (χ0n) is 43.7. The lowest BCUT2D eigenvalue weighted by Crippen LogP contribution is -2.37. The quantitative estimate of drug-likeness (QED) is 0.0214. The summed E-state index contributed by atoms with van der Waals surface area (Å²) in [5, 5.41) is 0. The zero-order chi connectivity index (χ0) is 48.3. The third-order valence-corrected chi connectivity index (χ3v) is 12.5. The van der Waals surface area contributed by atoms with Gasteiger partial charge in [0, 0.05) is 13.0 Å². The van der Waals surface area contributed by atoms with E-state index in [1.54, 1.807) is 0 Å². The molecule has 0 heterocycles. The van der Waals surface area contributed by atoms with Crippen LogP contribution in [0.25, 0.3) is 0 Å². The third-order valence-electron chi connectivity index (χ3n) is 11.5. The Morgan fingerprint density at radius 3 is 1.32 bits per heavy atom. The number of esters is 1. The number of hydrogen-bond acceptors (Lipinski definition) is 6. The summed E-state index contributed by atoms with van der Waals surface area (Å²) in [6.45, 7) is 5.49. The number of unbranched alkanes of at least 4 members (excludes halogenated alkanes) is 24. The van der Waals surface area contributed by atoms with Crippen molar-refractivity contribution in [1.29, 1.82) is 0 Å². The first-order chi connectivity index (χ1) is 32.1. The van der Waals surface area contributed by atoms with Crippen LogP contribution < -0.4 is 0 Å². The highest BCUT2D eigenvalue weighted by Gasteiger charge is 2.26. The zero-order valence-corrected chi connectivity index (χ0v) is 44.6. The number of carbonyl (C=O) groups excluding carboxylic acids is 1. The highest BCUT2D eigenvalue weighted by molar-refractivity contribution is 7.47. The molecule has 0 aliphatic rings. The van der Waals surface area contributed by atoms with Gasteiger partial charge in [-0.2, -0.15) is 0 Å². The molecule has 0 aromatic carbocycles. The van der Waals surface area contributed by atoms with Crippen molar-refractivity contribution in [2.45, 2.75) is 232 Å². The highest BCUT2D eigenvalue weighted by Crippen LogP contribution is 2.43. The Hall–Kier alpha value is -2.06. The molecule has 0 bridgehead atoms. The van der Waals surface area contributed by atoms with Crippen LogP contribution >= 0.6 is 7.82 Å². The van der Waals surface area contributed by atoms with Crippen LogP contribution in [-0.4, -0.2) is 75.6 Å². The largest absolute Gasteiger partial charge is 0.472 e. The number of allylic oxidation sites excluding steroid dienone is 12. The second-order valence-electron chi connectivity index (χ2n) is 19.2. The van der Waals surface area contributed by atoms with E-state index in [2.05, 4.69) is 86.8 Å². The minimum atomic E-state index is -4.29. The van der Waals surface area contributed by atoms with Crippen LogP contribution in [0.1, 0.15) is 226 Å². The lowest BCUT2D eigenvalue weighted by Gasteiger charge is -2.24. The molecule has 0 aromatic rings. The molecule has 0 aliphatic heterocycles. The van der Waals surface area contributed by atoms with Gasteiger partial charge in [-0.25, -0.2) is 4.57 Å². The predicted molar refractivity (Wildman–Crippen MR) is 284 cm³/mol. The Morgan fingerprint density at radius 2 is 0.879 bits per heavy atom. The molecule has 0 aromatic heterocycles. The van der Waals surface area contributed by atoms with Crippen LogP contribution in [-0.2, 0) is 27.9 Å². The van der Waals surface area contributed by atoms with E-state index in [4.69, 9.17) is 18.5 Å². The number of hydrogen-bond donors (Lipinski definition) is 1. The Morgan fingerprint density at radius 1 is 0.485 bits per heavy atom. The van der Waals surface area contributed by atoms with E-state index >= 15 is 0 Å². The van der Waals surface area contributed by atoms with Gasteiger partial charge in [-0.15, -0.1) is 0 Å². The molecule has 8 nitrogen and oxygen atoms in total. The molecule has 0 rings (SSSR count). The van der Waals surface area contributed by atoms with Crippen molar-refractivity contribution in [3.05, 3.63) is 72.9 Å². The monoisotopic (exact) mass is 947 g/mol. The predicted octanol–water partition coefficient (Wildman–Crippen LogP) is 17.0. The second-order valence-corrected chi connectivity index (χ2v) is 20.7. The Kier molecular flexibility index (Phi) is 47.8. The van der Waals surface area contributed by atoms with Crippen LogP contribution in [0.5, 0.6) is 0 Å². The maximum absolute atomic E-state index is 12.8. The molecule has 0 fully saturated rings. The Labute approximate surface area is 408 Å². The molecule has 0 radical (unpaired) electrons. The van der Waals surface area contributed by atoms with Gasteiger partial charge >= 0.3 is 13.8 Å². The molecule has 2 unspecified atom stereocenters. The molecular weight excluding hydrogens is 842 g/mol. The summed E-state index contributed by atoms with van der Waals surface area (Å²) in [7, 11) is 1.66. The van der Waals surface area contributed by atoms with Crippen LogP contribution in [0.4, 0.5) is 0 Å². The van der Waals surface area contributed by atoms with Crippen molar-refractivity contribution < 1.29 is 37.3 Å². The normalized spacial score (nSPS) is 14.1. The first kappa shape index (κ1) is 63.9. The molecule has 66 heavy (non-hydrogen) atoms. The van der Waals surface area contributed by atoms with E-state index in [-0.39, 0.29) is 25.8 Å². The summed E-state index contributed by atoms with van der Waals surface area (Å²) >= 11 is 0. The Balaban J connectivity index is 4.12. The number of carbonyl (C=O) groups is 1. The van der Waals surface area contributed by atoms with E-state index in [0.717, 1.165) is 64.2 Å². The van der Waals surface area contributed by atoms with Gasteiger partial charge in [0.15, 0.2) is 0 Å². The van der Waals surface area contributed by atoms with Gasteiger partial charge < -0.3 is 18.9 Å². The first-order valence-electron chi connectivity index (χ1n) is 27.2. The van der Waals surface area contributed by atoms with Gasteiger partial charge in [0.05, 0.1) is 34.4 Å². The van der Waals surface area contributed by atoms with Gasteiger partial charge in [0.2, 0.25) is 0 Å². The van der Waals surface area contributed by atoms with Gasteiger partial charge in [-0.3, -0.25) is 13.8 Å². The van der Waals surface area contributed by atoms with Crippen molar-refractivity contribution in [3.8, 4) is 0 Å². The third kappa shape index (κ3) is 52.9. The molecule has 384 valence electrons. The topological polar surface area (TPSA) is 91.3 Å². The summed E-state index contributed by atoms with van der Waals surface area (Å²) in [5.74, 6) is -0.318. The van der Waals surface area contributed by atoms with E-state index in [1.807, 2.05) is 21.1 Å². The highest BCUT2D eigenvalue weighted by atomic mass is 31.2. The molecule has 0 saturated carbocycles. The molecular formula is C57H105NO7P+. The average molecular weight is 947 g/mol. The molecule has 0 amide bonds. The lowest BCUT2D eigenvalue weighted by atomic mass is 10.0. The van der Waals surface area contributed by atoms with Crippen LogP contribution in [0.3, 0.4) is 0 Å². The molecule has 0 aliphatic carbocycles. The summed E-state index contributed by atoms with van der Waals surface area (Å²) in [5.41, 5.74) is 0. The maximum Gasteiger partial charge on any atom is 0.472 e. The van der Waals surface area contributed by atoms with Crippen LogP contribution in [0, 0.1) is 0 Å². The van der Waals surface area contributed by atoms with Gasteiger partial charge in [0.1, 0.15) is 19.3 Å². The number of ether oxygens (including phenoxy) is 2. The van der Waals surface area contributed by atoms with Crippen LogP contribution in [0.15, 0.2) is 72.9 Å². The fraction of sp³-hybridized carbons (Fsp3) is 0.772. The Bertz CT molecular complexity index is 1280. The number of nitrogens with zero attached hydrogens (tertiary/aromatic N) is 1. The summed E-state index contributed by atoms with van der Waals surface area (Å²) in [6.07, 6.45) is 65.2. The lowest BCUT2D eigenvalue weighted by molar-refractivity contribution is -0.870. The fourth-order valence-corrected chi connectivity index (χ4v) is 8.08. The maximum atomic E-state index is 12.8. The van der Waals surface area contributed by atoms with Gasteiger partial charge in [-0.05, 0) is 83.5 Å². The minimum Gasteiger partial charge on any atom is -0.457 e. The molecule has 0 saturated heterocycles. The number of likely N-dealkylation sites (N-methyl/N-ethyl adjacent to an activating group) is 1. The summed E-state index contributed by atoms with van der Waals surface area (Å²) in [6, 6.07) is 0. The molecule has 2 atom stereocenters. The SMILES string of the molecule is CC/C=C\C/C=C\C/C=C\C/C=C\CCCCCCCCCCCCCCC(=O)OC(COCCCCCCCCCC/C=C\C/C=C\CCCCCC)COP(=O)(O)OCC[N+](C)(C)C. The molecule has 9 heteroatoms. The van der Waals surface area contributed by atoms with Gasteiger partial charge in [0.25, 0.3) is 0 Å². The summed E-state index contributed by atoms with van der Waals surface area (Å²) in [4.78, 5) is 23.1. The van der Waals surface area contributed by atoms with E-state index in [9.17, 15) is 14.3 Å². The first-order valence-corrected chi connectivity index (χ1v) is 28.7. The molecule has 0 spiro atoms. The minimum absolute atomic E-state index is 0.0845. The van der Waals surface area contributed by atoms with Crippen LogP contribution in [0.2, 0.25) is 0 Å². The standard InChI is InChI=1S/C57H104NO7P/c1-6-8-10-12-14-16-18-20-22-24-26-27-28-29-30-31-32-34-36-38-40-42-44-46-48-50-57(59)65-56(55-64-66(60,61)63-53-51-58(3,4)5)54-62-52-49-47-45-43-41-39-37-35-33-25-23-21-19-17-15-13-11-9-7-2/h8,10,14,16-17,19-20,22-23,25-27,56H,6-7,9,11-13,15,18,21,24,28-55H2,1-5H3/p+1/b10-8-,16-14-,19-17-,22-20-,25-23-,27-26-. The van der Waals surface area contributed by atoms with Crippen molar-refractivity contribution in [2.24, 2.45) is 0 Å². The summed E-state index contributed by atoms with van der Waals surface area (Å²) < 4.78 is 35.2. The van der Waals surface area contributed by atoms with Gasteiger partial charge in [-0.1, -0.05) is 209 Å². The fourth-order valence-electron chi connectivity index (χ4n) is 7.34. The number of phosphoric ester groups is 1. The number of quaternary nitrogens is 1. The van der Waals surface area contributed by atoms with E-state index in [0.29, 0.717) is 24.1 Å². The van der Waals surface area contributed by atoms with E-state index < -0.39 is 13.9 Å².